The van der Waals surface area contributed by atoms with Gasteiger partial charge in [0.15, 0.2) is 0 Å². The summed E-state index contributed by atoms with van der Waals surface area (Å²) in [6.45, 7) is 2.07. The first kappa shape index (κ1) is 18.4. The van der Waals surface area contributed by atoms with Crippen LogP contribution in [0.15, 0.2) is 48.5 Å². The van der Waals surface area contributed by atoms with E-state index in [0.29, 0.717) is 5.69 Å². The summed E-state index contributed by atoms with van der Waals surface area (Å²) >= 11 is 0. The number of nitrogens with one attached hydrogen (secondary N) is 2. The van der Waals surface area contributed by atoms with Gasteiger partial charge < -0.3 is 20.3 Å². The second-order valence-electron chi connectivity index (χ2n) is 6.19. The van der Waals surface area contributed by atoms with Gasteiger partial charge in [-0.2, -0.15) is 0 Å². The smallest absolute Gasteiger partial charge is 0.339 e. The molecular formula is C20H21N3O4. The standard InChI is InChI=1S/C20H21N3O4/c1-27-20(26)16-6-2-3-7-17(16)22-19(25)18(24)21-14-8-10-15(11-9-14)23-12-4-5-13-23/h2-3,6-11H,4-5,12-13H2,1H3,(H,21,24)(H,22,25). The lowest BCUT2D eigenvalue weighted by atomic mass is 10.2. The minimum atomic E-state index is -0.866. The van der Waals surface area contributed by atoms with E-state index in [0.717, 1.165) is 18.8 Å². The second-order valence-corrected chi connectivity index (χ2v) is 6.19. The Kier molecular flexibility index (Phi) is 5.71. The summed E-state index contributed by atoms with van der Waals surface area (Å²) < 4.78 is 4.67. The highest BCUT2D eigenvalue weighted by atomic mass is 16.5. The van der Waals surface area contributed by atoms with Gasteiger partial charge in [0.05, 0.1) is 18.4 Å². The van der Waals surface area contributed by atoms with Crippen molar-refractivity contribution < 1.29 is 19.1 Å². The van der Waals surface area contributed by atoms with Crippen LogP contribution in [0.3, 0.4) is 0 Å². The maximum absolute atomic E-state index is 12.2. The van der Waals surface area contributed by atoms with Crippen molar-refractivity contribution in [3.05, 3.63) is 54.1 Å². The minimum Gasteiger partial charge on any atom is -0.465 e. The topological polar surface area (TPSA) is 87.7 Å². The van der Waals surface area contributed by atoms with E-state index in [9.17, 15) is 14.4 Å². The molecule has 1 aliphatic rings. The third kappa shape index (κ3) is 4.44. The van der Waals surface area contributed by atoms with Gasteiger partial charge >= 0.3 is 17.8 Å². The van der Waals surface area contributed by atoms with Crippen molar-refractivity contribution in [3.63, 3.8) is 0 Å². The van der Waals surface area contributed by atoms with E-state index in [1.54, 1.807) is 24.3 Å². The molecule has 2 N–H and O–H groups in total. The fraction of sp³-hybridized carbons (Fsp3) is 0.250. The lowest BCUT2D eigenvalue weighted by Crippen LogP contribution is -2.29. The van der Waals surface area contributed by atoms with Gasteiger partial charge in [0.25, 0.3) is 0 Å². The van der Waals surface area contributed by atoms with E-state index in [4.69, 9.17) is 0 Å². The minimum absolute atomic E-state index is 0.177. The average molecular weight is 367 g/mol. The first-order valence-electron chi connectivity index (χ1n) is 8.73. The molecule has 1 saturated heterocycles. The lowest BCUT2D eigenvalue weighted by Gasteiger charge is -2.17. The molecule has 0 saturated carbocycles. The third-order valence-electron chi connectivity index (χ3n) is 4.38. The fourth-order valence-electron chi connectivity index (χ4n) is 2.98. The number of benzene rings is 2. The maximum atomic E-state index is 12.2. The Morgan fingerprint density at radius 3 is 2.19 bits per heavy atom. The number of ether oxygens (including phenoxy) is 1. The zero-order chi connectivity index (χ0) is 19.2. The number of nitrogens with zero attached hydrogens (tertiary/aromatic N) is 1. The molecule has 0 atom stereocenters. The van der Waals surface area contributed by atoms with Crippen LogP contribution in [0, 0.1) is 0 Å². The van der Waals surface area contributed by atoms with Crippen molar-refractivity contribution >= 4 is 34.8 Å². The zero-order valence-corrected chi connectivity index (χ0v) is 15.0. The van der Waals surface area contributed by atoms with Crippen LogP contribution in [0.2, 0.25) is 0 Å². The summed E-state index contributed by atoms with van der Waals surface area (Å²) in [5.74, 6) is -2.28. The highest BCUT2D eigenvalue weighted by Crippen LogP contribution is 2.22. The van der Waals surface area contributed by atoms with E-state index in [1.165, 1.54) is 32.1 Å². The van der Waals surface area contributed by atoms with Crippen LogP contribution in [-0.2, 0) is 14.3 Å². The molecule has 3 rings (SSSR count). The van der Waals surface area contributed by atoms with Crippen molar-refractivity contribution in [2.24, 2.45) is 0 Å². The first-order valence-corrected chi connectivity index (χ1v) is 8.73. The summed E-state index contributed by atoms with van der Waals surface area (Å²) in [5, 5.41) is 5.00. The summed E-state index contributed by atoms with van der Waals surface area (Å²) in [6, 6.07) is 13.7. The van der Waals surface area contributed by atoms with E-state index in [1.807, 2.05) is 12.1 Å². The summed E-state index contributed by atoms with van der Waals surface area (Å²) in [4.78, 5) is 38.4. The number of carbonyl (C=O) groups is 3. The molecule has 140 valence electrons. The largest absolute Gasteiger partial charge is 0.465 e. The van der Waals surface area contributed by atoms with Crippen molar-refractivity contribution in [1.82, 2.24) is 0 Å². The highest BCUT2D eigenvalue weighted by Gasteiger charge is 2.18. The molecule has 2 aromatic carbocycles. The number of rotatable bonds is 4. The second kappa shape index (κ2) is 8.35. The highest BCUT2D eigenvalue weighted by molar-refractivity contribution is 6.43. The van der Waals surface area contributed by atoms with E-state index in [2.05, 4.69) is 20.3 Å². The van der Waals surface area contributed by atoms with Crippen LogP contribution in [0.4, 0.5) is 17.1 Å². The van der Waals surface area contributed by atoms with E-state index < -0.39 is 17.8 Å². The third-order valence-corrected chi connectivity index (χ3v) is 4.38. The number of methoxy groups -OCH3 is 1. The molecular weight excluding hydrogens is 346 g/mol. The van der Waals surface area contributed by atoms with Crippen LogP contribution in [0.5, 0.6) is 0 Å². The number of carbonyl (C=O) groups excluding carboxylic acids is 3. The molecule has 1 heterocycles. The number of amides is 2. The Hall–Kier alpha value is -3.35. The van der Waals surface area contributed by atoms with Crippen LogP contribution >= 0.6 is 0 Å². The molecule has 0 bridgehead atoms. The van der Waals surface area contributed by atoms with Gasteiger partial charge in [0.1, 0.15) is 0 Å². The summed E-state index contributed by atoms with van der Waals surface area (Å²) in [5.41, 5.74) is 2.02. The first-order chi connectivity index (χ1) is 13.1. The Morgan fingerprint density at radius 2 is 1.52 bits per heavy atom. The van der Waals surface area contributed by atoms with Crippen molar-refractivity contribution in [1.29, 1.82) is 0 Å². The summed E-state index contributed by atoms with van der Waals surface area (Å²) in [6.07, 6.45) is 2.37. The Labute approximate surface area is 157 Å². The van der Waals surface area contributed by atoms with Gasteiger partial charge in [-0.05, 0) is 49.2 Å². The SMILES string of the molecule is COC(=O)c1ccccc1NC(=O)C(=O)Nc1ccc(N2CCCC2)cc1. The van der Waals surface area contributed by atoms with E-state index >= 15 is 0 Å². The van der Waals surface area contributed by atoms with Crippen LogP contribution in [-0.4, -0.2) is 38.0 Å². The Balaban J connectivity index is 1.63. The predicted molar refractivity (Wildman–Crippen MR) is 103 cm³/mol. The lowest BCUT2D eigenvalue weighted by molar-refractivity contribution is -0.133. The summed E-state index contributed by atoms with van der Waals surface area (Å²) in [7, 11) is 1.25. The molecule has 1 fully saturated rings. The van der Waals surface area contributed by atoms with Crippen molar-refractivity contribution in [2.75, 3.05) is 35.7 Å². The van der Waals surface area contributed by atoms with Gasteiger partial charge in [0, 0.05) is 24.5 Å². The molecule has 0 aliphatic carbocycles. The molecule has 7 nitrogen and oxygen atoms in total. The normalized spacial score (nSPS) is 13.1. The van der Waals surface area contributed by atoms with Gasteiger partial charge in [-0.25, -0.2) is 4.79 Å². The van der Waals surface area contributed by atoms with Crippen molar-refractivity contribution in [3.8, 4) is 0 Å². The van der Waals surface area contributed by atoms with Gasteiger partial charge in [-0.1, -0.05) is 12.1 Å². The number of hydrogen-bond acceptors (Lipinski definition) is 5. The number of anilines is 3. The van der Waals surface area contributed by atoms with E-state index in [-0.39, 0.29) is 11.3 Å². The predicted octanol–water partition coefficient (Wildman–Crippen LogP) is 2.65. The molecule has 2 aromatic rings. The Bertz CT molecular complexity index is 843. The number of para-hydroxylation sites is 1. The van der Waals surface area contributed by atoms with Gasteiger partial charge in [0.2, 0.25) is 0 Å². The molecule has 2 amide bonds. The number of esters is 1. The molecule has 27 heavy (non-hydrogen) atoms. The molecule has 0 aromatic heterocycles. The van der Waals surface area contributed by atoms with Crippen LogP contribution in [0.25, 0.3) is 0 Å². The quantitative estimate of drug-likeness (QED) is 0.641. The Morgan fingerprint density at radius 1 is 0.889 bits per heavy atom. The molecule has 0 radical (unpaired) electrons. The maximum Gasteiger partial charge on any atom is 0.339 e. The average Bonchev–Trinajstić information content (AvgIpc) is 3.23. The number of hydrogen-bond donors (Lipinski definition) is 2. The molecule has 0 unspecified atom stereocenters. The van der Waals surface area contributed by atoms with Crippen LogP contribution in [0.1, 0.15) is 23.2 Å². The zero-order valence-electron chi connectivity index (χ0n) is 15.0. The molecule has 1 aliphatic heterocycles. The van der Waals surface area contributed by atoms with Crippen LogP contribution < -0.4 is 15.5 Å². The monoisotopic (exact) mass is 367 g/mol. The van der Waals surface area contributed by atoms with Gasteiger partial charge in [-0.15, -0.1) is 0 Å². The molecule has 0 spiro atoms. The van der Waals surface area contributed by atoms with Gasteiger partial charge in [-0.3, -0.25) is 9.59 Å². The fourth-order valence-corrected chi connectivity index (χ4v) is 2.98. The molecule has 7 heteroatoms. The van der Waals surface area contributed by atoms with Crippen molar-refractivity contribution in [2.45, 2.75) is 12.8 Å².